The average molecular weight is 330 g/mol. The van der Waals surface area contributed by atoms with Crippen LogP contribution in [-0.2, 0) is 6.54 Å². The lowest BCUT2D eigenvalue weighted by Gasteiger charge is -2.17. The standard InChI is InChI=1S/C15H24BrNO2/c1-11(2)17-10-12-5-6-14(13(16)9-12)19-8-7-15(3,4)18/h5-6,9,11,17-18H,7-8,10H2,1-4H3. The Morgan fingerprint density at radius 3 is 2.58 bits per heavy atom. The van der Waals surface area contributed by atoms with Gasteiger partial charge >= 0.3 is 0 Å². The first-order valence-corrected chi connectivity index (χ1v) is 7.44. The highest BCUT2D eigenvalue weighted by atomic mass is 79.9. The summed E-state index contributed by atoms with van der Waals surface area (Å²) in [5, 5.41) is 13.0. The minimum absolute atomic E-state index is 0.474. The van der Waals surface area contributed by atoms with Gasteiger partial charge in [-0.25, -0.2) is 0 Å². The molecule has 0 saturated heterocycles. The molecule has 3 nitrogen and oxygen atoms in total. The fraction of sp³-hybridized carbons (Fsp3) is 0.600. The zero-order valence-electron chi connectivity index (χ0n) is 12.2. The fourth-order valence-corrected chi connectivity index (χ4v) is 2.04. The maximum atomic E-state index is 9.63. The van der Waals surface area contributed by atoms with E-state index < -0.39 is 5.60 Å². The molecule has 1 aromatic carbocycles. The van der Waals surface area contributed by atoms with Crippen LogP contribution in [0.3, 0.4) is 0 Å². The summed E-state index contributed by atoms with van der Waals surface area (Å²) in [6.07, 6.45) is 0.607. The van der Waals surface area contributed by atoms with Crippen molar-refractivity contribution in [1.29, 1.82) is 0 Å². The van der Waals surface area contributed by atoms with Gasteiger partial charge in [0.25, 0.3) is 0 Å². The van der Waals surface area contributed by atoms with Gasteiger partial charge in [-0.2, -0.15) is 0 Å². The van der Waals surface area contributed by atoms with Crippen LogP contribution in [0.15, 0.2) is 22.7 Å². The minimum Gasteiger partial charge on any atom is -0.492 e. The largest absolute Gasteiger partial charge is 0.492 e. The van der Waals surface area contributed by atoms with E-state index in [0.29, 0.717) is 19.1 Å². The fourth-order valence-electron chi connectivity index (χ4n) is 1.50. The van der Waals surface area contributed by atoms with Crippen molar-refractivity contribution in [2.45, 2.75) is 52.3 Å². The number of nitrogens with one attached hydrogen (secondary N) is 1. The Morgan fingerprint density at radius 1 is 1.37 bits per heavy atom. The summed E-state index contributed by atoms with van der Waals surface area (Å²) < 4.78 is 6.62. The van der Waals surface area contributed by atoms with Crippen molar-refractivity contribution in [2.24, 2.45) is 0 Å². The maximum absolute atomic E-state index is 9.63. The van der Waals surface area contributed by atoms with Crippen molar-refractivity contribution >= 4 is 15.9 Å². The van der Waals surface area contributed by atoms with Crippen molar-refractivity contribution in [1.82, 2.24) is 5.32 Å². The van der Waals surface area contributed by atoms with Crippen LogP contribution < -0.4 is 10.1 Å². The van der Waals surface area contributed by atoms with E-state index >= 15 is 0 Å². The first-order chi connectivity index (χ1) is 8.78. The SMILES string of the molecule is CC(C)NCc1ccc(OCCC(C)(C)O)c(Br)c1. The van der Waals surface area contributed by atoms with Crippen molar-refractivity contribution in [3.63, 3.8) is 0 Å². The van der Waals surface area contributed by atoms with E-state index in [-0.39, 0.29) is 0 Å². The molecule has 19 heavy (non-hydrogen) atoms. The molecule has 0 bridgehead atoms. The second kappa shape index (κ2) is 7.27. The molecule has 0 aliphatic rings. The molecule has 0 fully saturated rings. The molecule has 0 spiro atoms. The second-order valence-corrected chi connectivity index (χ2v) is 6.57. The molecule has 0 heterocycles. The highest BCUT2D eigenvalue weighted by Crippen LogP contribution is 2.26. The third kappa shape index (κ3) is 6.95. The summed E-state index contributed by atoms with van der Waals surface area (Å²) in [6.45, 7) is 9.18. The molecular weight excluding hydrogens is 306 g/mol. The predicted molar refractivity (Wildman–Crippen MR) is 82.5 cm³/mol. The van der Waals surface area contributed by atoms with Gasteiger partial charge in [-0.3, -0.25) is 0 Å². The molecule has 0 aliphatic carbocycles. The Labute approximate surface area is 124 Å². The van der Waals surface area contributed by atoms with E-state index in [1.54, 1.807) is 13.8 Å². The molecule has 1 rings (SSSR count). The third-order valence-electron chi connectivity index (χ3n) is 2.68. The minimum atomic E-state index is -0.687. The van der Waals surface area contributed by atoms with Crippen LogP contribution in [0.5, 0.6) is 5.75 Å². The Bertz CT molecular complexity index is 400. The van der Waals surface area contributed by atoms with Crippen LogP contribution in [0.4, 0.5) is 0 Å². The molecule has 108 valence electrons. The second-order valence-electron chi connectivity index (χ2n) is 5.71. The number of benzene rings is 1. The van der Waals surface area contributed by atoms with Crippen LogP contribution in [0.1, 0.15) is 39.7 Å². The summed E-state index contributed by atoms with van der Waals surface area (Å²) in [5.74, 6) is 0.817. The van der Waals surface area contributed by atoms with Crippen LogP contribution >= 0.6 is 15.9 Å². The topological polar surface area (TPSA) is 41.5 Å². The number of rotatable bonds is 7. The van der Waals surface area contributed by atoms with E-state index in [9.17, 15) is 5.11 Å². The molecule has 0 aliphatic heterocycles. The summed E-state index contributed by atoms with van der Waals surface area (Å²) in [7, 11) is 0. The van der Waals surface area contributed by atoms with E-state index in [0.717, 1.165) is 16.8 Å². The Morgan fingerprint density at radius 2 is 2.05 bits per heavy atom. The number of hydrogen-bond donors (Lipinski definition) is 2. The Kier molecular flexibility index (Phi) is 6.30. The van der Waals surface area contributed by atoms with Gasteiger partial charge in [0.2, 0.25) is 0 Å². The van der Waals surface area contributed by atoms with Gasteiger partial charge in [-0.05, 0) is 47.5 Å². The van der Waals surface area contributed by atoms with Crippen LogP contribution in [0.2, 0.25) is 0 Å². The van der Waals surface area contributed by atoms with Crippen molar-refractivity contribution in [3.8, 4) is 5.75 Å². The summed E-state index contributed by atoms with van der Waals surface area (Å²) >= 11 is 3.52. The lowest BCUT2D eigenvalue weighted by Crippen LogP contribution is -2.22. The number of halogens is 1. The normalized spacial score (nSPS) is 11.9. The number of ether oxygens (including phenoxy) is 1. The number of aliphatic hydroxyl groups is 1. The summed E-state index contributed by atoms with van der Waals surface area (Å²) in [4.78, 5) is 0. The highest BCUT2D eigenvalue weighted by Gasteiger charge is 2.12. The van der Waals surface area contributed by atoms with Crippen molar-refractivity contribution < 1.29 is 9.84 Å². The van der Waals surface area contributed by atoms with Gasteiger partial charge in [0.1, 0.15) is 5.75 Å². The Hall–Kier alpha value is -0.580. The molecule has 0 aromatic heterocycles. The monoisotopic (exact) mass is 329 g/mol. The van der Waals surface area contributed by atoms with Crippen molar-refractivity contribution in [3.05, 3.63) is 28.2 Å². The molecule has 0 unspecified atom stereocenters. The molecule has 1 aromatic rings. The van der Waals surface area contributed by atoms with Gasteiger partial charge < -0.3 is 15.2 Å². The lowest BCUT2D eigenvalue weighted by molar-refractivity contribution is 0.0552. The highest BCUT2D eigenvalue weighted by molar-refractivity contribution is 9.10. The van der Waals surface area contributed by atoms with E-state index in [1.165, 1.54) is 5.56 Å². The van der Waals surface area contributed by atoms with Gasteiger partial charge in [0.05, 0.1) is 16.7 Å². The average Bonchev–Trinajstić information content (AvgIpc) is 2.27. The zero-order chi connectivity index (χ0) is 14.5. The molecular formula is C15H24BrNO2. The summed E-state index contributed by atoms with van der Waals surface area (Å²) in [6, 6.07) is 6.56. The molecule has 0 saturated carbocycles. The van der Waals surface area contributed by atoms with Gasteiger partial charge in [0.15, 0.2) is 0 Å². The van der Waals surface area contributed by atoms with Crippen LogP contribution in [-0.4, -0.2) is 23.4 Å². The van der Waals surface area contributed by atoms with Gasteiger partial charge in [-0.15, -0.1) is 0 Å². The smallest absolute Gasteiger partial charge is 0.133 e. The third-order valence-corrected chi connectivity index (χ3v) is 3.30. The first-order valence-electron chi connectivity index (χ1n) is 6.65. The van der Waals surface area contributed by atoms with Crippen LogP contribution in [0.25, 0.3) is 0 Å². The molecule has 0 radical (unpaired) electrons. The van der Waals surface area contributed by atoms with Gasteiger partial charge in [0, 0.05) is 19.0 Å². The van der Waals surface area contributed by atoms with E-state index in [1.807, 2.05) is 6.07 Å². The van der Waals surface area contributed by atoms with E-state index in [4.69, 9.17) is 4.74 Å². The summed E-state index contributed by atoms with van der Waals surface area (Å²) in [5.41, 5.74) is 0.531. The molecule has 4 heteroatoms. The van der Waals surface area contributed by atoms with Crippen LogP contribution in [0, 0.1) is 0 Å². The molecule has 0 atom stereocenters. The lowest BCUT2D eigenvalue weighted by atomic mass is 10.1. The maximum Gasteiger partial charge on any atom is 0.133 e. The Balaban J connectivity index is 2.52. The quantitative estimate of drug-likeness (QED) is 0.804. The molecule has 0 amide bonds. The van der Waals surface area contributed by atoms with E-state index in [2.05, 4.69) is 47.2 Å². The first kappa shape index (κ1) is 16.5. The molecule has 2 N–H and O–H groups in total. The number of hydrogen-bond acceptors (Lipinski definition) is 3. The zero-order valence-corrected chi connectivity index (χ0v) is 13.8. The predicted octanol–water partition coefficient (Wildman–Crippen LogP) is 3.49. The van der Waals surface area contributed by atoms with Gasteiger partial charge in [-0.1, -0.05) is 19.9 Å². The van der Waals surface area contributed by atoms with Crippen molar-refractivity contribution in [2.75, 3.05) is 6.61 Å².